The van der Waals surface area contributed by atoms with Gasteiger partial charge in [0.15, 0.2) is 5.76 Å². The maximum absolute atomic E-state index is 11.7. The number of ketones is 1. The molecule has 0 amide bonds. The molecular weight excluding hydrogens is 244 g/mol. The zero-order chi connectivity index (χ0) is 13.9. The number of aliphatic hydroxyl groups is 1. The van der Waals surface area contributed by atoms with Gasteiger partial charge in [-0.15, -0.1) is 0 Å². The summed E-state index contributed by atoms with van der Waals surface area (Å²) in [5.74, 6) is -0.378. The van der Waals surface area contributed by atoms with Gasteiger partial charge in [0.05, 0.1) is 0 Å². The van der Waals surface area contributed by atoms with Crippen LogP contribution in [0.5, 0.6) is 0 Å². The topological polar surface area (TPSA) is 63.6 Å². The molecule has 4 heteroatoms. The molecule has 0 spiro atoms. The van der Waals surface area contributed by atoms with Crippen molar-refractivity contribution in [3.8, 4) is 0 Å². The highest BCUT2D eigenvalue weighted by Crippen LogP contribution is 2.52. The molecule has 98 valence electrons. The van der Waals surface area contributed by atoms with Gasteiger partial charge in [0, 0.05) is 16.6 Å². The normalized spacial score (nSPS) is 29.8. The molecule has 0 fully saturated rings. The number of rotatable bonds is 0. The molecule has 0 radical (unpaired) electrons. The maximum atomic E-state index is 11.7. The summed E-state index contributed by atoms with van der Waals surface area (Å²) in [6.07, 6.45) is 3.72. The van der Waals surface area contributed by atoms with E-state index in [1.54, 1.807) is 19.9 Å². The summed E-state index contributed by atoms with van der Waals surface area (Å²) in [7, 11) is 0. The fourth-order valence-electron chi connectivity index (χ4n) is 2.84. The molecule has 2 aliphatic carbocycles. The van der Waals surface area contributed by atoms with Crippen molar-refractivity contribution in [1.29, 1.82) is 0 Å². The summed E-state index contributed by atoms with van der Waals surface area (Å²) < 4.78 is 5.19. The van der Waals surface area contributed by atoms with Crippen LogP contribution < -0.4 is 0 Å². The number of carbonyl (C=O) groups excluding carboxylic acids is 2. The number of hydrogen-bond donors (Lipinski definition) is 1. The monoisotopic (exact) mass is 258 g/mol. The number of allylic oxidation sites excluding steroid dienone is 5. The molecule has 1 aliphatic heterocycles. The Morgan fingerprint density at radius 3 is 2.63 bits per heavy atom. The Labute approximate surface area is 110 Å². The summed E-state index contributed by atoms with van der Waals surface area (Å²) in [5, 5.41) is 9.86. The SMILES string of the molecule is CC1=C2C[C@@]3(C)C(=CC(=O)C(O)=C3C)C=C2OC1=O. The van der Waals surface area contributed by atoms with E-state index in [9.17, 15) is 14.7 Å². The Balaban J connectivity index is 2.22. The summed E-state index contributed by atoms with van der Waals surface area (Å²) in [5.41, 5.74) is 2.45. The highest BCUT2D eigenvalue weighted by atomic mass is 16.5. The van der Waals surface area contributed by atoms with Crippen molar-refractivity contribution in [2.24, 2.45) is 5.41 Å². The summed E-state index contributed by atoms with van der Waals surface area (Å²) in [6, 6.07) is 0. The van der Waals surface area contributed by atoms with Crippen LogP contribution in [0.15, 0.2) is 46.0 Å². The second-order valence-electron chi connectivity index (χ2n) is 5.45. The number of esters is 1. The molecule has 0 saturated heterocycles. The third-order valence-electron chi connectivity index (χ3n) is 4.42. The van der Waals surface area contributed by atoms with Crippen LogP contribution in [0, 0.1) is 5.41 Å². The minimum atomic E-state index is -0.452. The van der Waals surface area contributed by atoms with Crippen molar-refractivity contribution < 1.29 is 19.4 Å². The lowest BCUT2D eigenvalue weighted by Gasteiger charge is -2.38. The van der Waals surface area contributed by atoms with E-state index in [2.05, 4.69) is 0 Å². The van der Waals surface area contributed by atoms with Gasteiger partial charge in [-0.25, -0.2) is 4.79 Å². The Morgan fingerprint density at radius 1 is 1.26 bits per heavy atom. The highest BCUT2D eigenvalue weighted by molar-refractivity contribution is 6.05. The van der Waals surface area contributed by atoms with E-state index in [1.165, 1.54) is 6.08 Å². The third-order valence-corrected chi connectivity index (χ3v) is 4.42. The first-order chi connectivity index (χ1) is 8.84. The maximum Gasteiger partial charge on any atom is 0.339 e. The van der Waals surface area contributed by atoms with Gasteiger partial charge in [0.2, 0.25) is 5.78 Å². The van der Waals surface area contributed by atoms with Crippen molar-refractivity contribution in [2.75, 3.05) is 0 Å². The zero-order valence-corrected chi connectivity index (χ0v) is 11.0. The molecule has 1 heterocycles. The predicted molar refractivity (Wildman–Crippen MR) is 68.0 cm³/mol. The molecule has 0 saturated carbocycles. The van der Waals surface area contributed by atoms with E-state index < -0.39 is 11.2 Å². The number of aliphatic hydroxyl groups excluding tert-OH is 1. The lowest BCUT2D eigenvalue weighted by Crippen LogP contribution is -2.30. The van der Waals surface area contributed by atoms with E-state index in [1.807, 2.05) is 6.92 Å². The highest BCUT2D eigenvalue weighted by Gasteiger charge is 2.44. The zero-order valence-electron chi connectivity index (χ0n) is 11.0. The van der Waals surface area contributed by atoms with Gasteiger partial charge >= 0.3 is 5.97 Å². The molecule has 0 aromatic rings. The minimum absolute atomic E-state index is 0.188. The van der Waals surface area contributed by atoms with Crippen molar-refractivity contribution in [3.63, 3.8) is 0 Å². The lowest BCUT2D eigenvalue weighted by molar-refractivity contribution is -0.133. The van der Waals surface area contributed by atoms with Crippen molar-refractivity contribution >= 4 is 11.8 Å². The summed E-state index contributed by atoms with van der Waals surface area (Å²) in [6.45, 7) is 5.46. The minimum Gasteiger partial charge on any atom is -0.504 e. The van der Waals surface area contributed by atoms with Gasteiger partial charge < -0.3 is 9.84 Å². The van der Waals surface area contributed by atoms with Gasteiger partial charge in [-0.3, -0.25) is 4.79 Å². The molecule has 1 N–H and O–H groups in total. The summed E-state index contributed by atoms with van der Waals surface area (Å²) in [4.78, 5) is 23.3. The molecule has 0 unspecified atom stereocenters. The van der Waals surface area contributed by atoms with Gasteiger partial charge in [0.1, 0.15) is 5.76 Å². The Kier molecular flexibility index (Phi) is 2.18. The average Bonchev–Trinajstić information content (AvgIpc) is 2.62. The summed E-state index contributed by atoms with van der Waals surface area (Å²) >= 11 is 0. The van der Waals surface area contributed by atoms with E-state index in [0.29, 0.717) is 23.3 Å². The lowest BCUT2D eigenvalue weighted by atomic mass is 9.65. The van der Waals surface area contributed by atoms with E-state index in [-0.39, 0.29) is 11.7 Å². The third kappa shape index (κ3) is 1.40. The number of ether oxygens (including phenoxy) is 1. The second-order valence-corrected chi connectivity index (χ2v) is 5.45. The molecule has 1 atom stereocenters. The van der Waals surface area contributed by atoms with Crippen molar-refractivity contribution in [2.45, 2.75) is 27.2 Å². The van der Waals surface area contributed by atoms with Crippen LogP contribution in [0.25, 0.3) is 0 Å². The molecule has 0 bridgehead atoms. The molecular formula is C15H14O4. The van der Waals surface area contributed by atoms with Crippen LogP contribution in [-0.4, -0.2) is 16.9 Å². The van der Waals surface area contributed by atoms with Crippen LogP contribution in [0.2, 0.25) is 0 Å². The quantitative estimate of drug-likeness (QED) is 0.678. The first-order valence-electron chi connectivity index (χ1n) is 6.15. The molecule has 3 aliphatic rings. The molecule has 0 aromatic heterocycles. The van der Waals surface area contributed by atoms with Gasteiger partial charge in [-0.1, -0.05) is 6.92 Å². The predicted octanol–water partition coefficient (Wildman–Crippen LogP) is 2.49. The Bertz CT molecular complexity index is 658. The number of carbonyl (C=O) groups is 2. The van der Waals surface area contributed by atoms with Crippen LogP contribution in [0.3, 0.4) is 0 Å². The molecule has 3 rings (SSSR count). The van der Waals surface area contributed by atoms with Crippen LogP contribution in [-0.2, 0) is 14.3 Å². The Morgan fingerprint density at radius 2 is 1.95 bits per heavy atom. The van der Waals surface area contributed by atoms with E-state index >= 15 is 0 Å². The van der Waals surface area contributed by atoms with Crippen LogP contribution in [0.1, 0.15) is 27.2 Å². The number of fused-ring (bicyclic) bond motifs is 2. The van der Waals surface area contributed by atoms with Crippen molar-refractivity contribution in [3.05, 3.63) is 46.0 Å². The number of hydrogen-bond acceptors (Lipinski definition) is 4. The van der Waals surface area contributed by atoms with Gasteiger partial charge in [-0.05, 0) is 43.6 Å². The van der Waals surface area contributed by atoms with Gasteiger partial charge in [0.25, 0.3) is 0 Å². The van der Waals surface area contributed by atoms with Crippen LogP contribution in [0.4, 0.5) is 0 Å². The largest absolute Gasteiger partial charge is 0.504 e. The first kappa shape index (κ1) is 12.0. The Hall–Kier alpha value is -2.10. The van der Waals surface area contributed by atoms with E-state index in [0.717, 1.165) is 11.1 Å². The molecule has 0 aromatic carbocycles. The standard InChI is InChI=1S/C15H14O4/c1-7-10-6-15(3)8(2)13(17)11(16)4-9(15)5-12(10)19-14(7)18/h4-5,17H,6H2,1-3H3/t15-/m1/s1. The smallest absolute Gasteiger partial charge is 0.339 e. The van der Waals surface area contributed by atoms with Crippen LogP contribution >= 0.6 is 0 Å². The first-order valence-corrected chi connectivity index (χ1v) is 6.15. The average molecular weight is 258 g/mol. The fraction of sp³-hybridized carbons (Fsp3) is 0.333. The van der Waals surface area contributed by atoms with Gasteiger partial charge in [-0.2, -0.15) is 0 Å². The fourth-order valence-corrected chi connectivity index (χ4v) is 2.84. The van der Waals surface area contributed by atoms with Crippen molar-refractivity contribution in [1.82, 2.24) is 0 Å². The van der Waals surface area contributed by atoms with E-state index in [4.69, 9.17) is 4.74 Å². The molecule has 19 heavy (non-hydrogen) atoms. The second kappa shape index (κ2) is 3.47. The molecule has 4 nitrogen and oxygen atoms in total.